The highest BCUT2D eigenvalue weighted by Crippen LogP contribution is 2.54. The molecule has 2 aliphatic carbocycles. The van der Waals surface area contributed by atoms with Gasteiger partial charge in [-0.1, -0.05) is 31.9 Å². The van der Waals surface area contributed by atoms with Gasteiger partial charge in [0, 0.05) is 38.6 Å². The summed E-state index contributed by atoms with van der Waals surface area (Å²) in [6, 6.07) is 0. The van der Waals surface area contributed by atoms with Crippen LogP contribution in [-0.2, 0) is 9.53 Å². The molecule has 1 saturated carbocycles. The number of esters is 1. The molecule has 0 radical (unpaired) electrons. The maximum absolute atomic E-state index is 12.8. The molecule has 3 saturated heterocycles. The van der Waals surface area contributed by atoms with Gasteiger partial charge in [-0.2, -0.15) is 0 Å². The van der Waals surface area contributed by atoms with Gasteiger partial charge in [0.15, 0.2) is 0 Å². The number of hydrogen-bond acceptors (Lipinski definition) is 5. The number of ether oxygens (including phenoxy) is 1. The van der Waals surface area contributed by atoms with Crippen LogP contribution in [0.1, 0.15) is 58.8 Å². The summed E-state index contributed by atoms with van der Waals surface area (Å²) in [6.07, 6.45) is 12.0. The number of hydrogen-bond donors (Lipinski definition) is 1. The Labute approximate surface area is 176 Å². The predicted molar refractivity (Wildman–Crippen MR) is 114 cm³/mol. The maximum atomic E-state index is 12.8. The van der Waals surface area contributed by atoms with E-state index in [0.29, 0.717) is 18.0 Å². The lowest BCUT2D eigenvalue weighted by Crippen LogP contribution is -2.56. The van der Waals surface area contributed by atoms with E-state index in [2.05, 4.69) is 35.0 Å². The number of allylic oxidation sites excluding steroid dienone is 1. The Kier molecular flexibility index (Phi) is 5.50. The van der Waals surface area contributed by atoms with Crippen molar-refractivity contribution in [1.82, 2.24) is 15.1 Å². The van der Waals surface area contributed by atoms with E-state index in [9.17, 15) is 4.79 Å². The van der Waals surface area contributed by atoms with Crippen LogP contribution in [0.3, 0.4) is 0 Å². The van der Waals surface area contributed by atoms with Gasteiger partial charge in [0.25, 0.3) is 0 Å². The van der Waals surface area contributed by atoms with Crippen molar-refractivity contribution in [3.63, 3.8) is 0 Å². The molecule has 0 spiro atoms. The van der Waals surface area contributed by atoms with Crippen LogP contribution >= 0.6 is 0 Å². The monoisotopic (exact) mass is 401 g/mol. The molecule has 6 unspecified atom stereocenters. The van der Waals surface area contributed by atoms with Crippen LogP contribution in [0.5, 0.6) is 0 Å². The van der Waals surface area contributed by atoms with E-state index in [-0.39, 0.29) is 23.4 Å². The highest BCUT2D eigenvalue weighted by atomic mass is 16.6. The molecule has 5 heteroatoms. The molecule has 6 atom stereocenters. The van der Waals surface area contributed by atoms with Crippen LogP contribution in [-0.4, -0.2) is 67.3 Å². The predicted octanol–water partition coefficient (Wildman–Crippen LogP) is 3.02. The number of fused-ring (bicyclic) bond motifs is 2. The summed E-state index contributed by atoms with van der Waals surface area (Å²) in [5.74, 6) is 1.05. The minimum atomic E-state index is 0.0329. The third-order valence-corrected chi connectivity index (χ3v) is 8.67. The van der Waals surface area contributed by atoms with Crippen molar-refractivity contribution in [1.29, 1.82) is 0 Å². The van der Waals surface area contributed by atoms with Crippen LogP contribution in [0.2, 0.25) is 0 Å². The Morgan fingerprint density at radius 3 is 2.76 bits per heavy atom. The quantitative estimate of drug-likeness (QED) is 0.582. The summed E-state index contributed by atoms with van der Waals surface area (Å²) in [7, 11) is 0. The molecule has 1 N–H and O–H groups in total. The van der Waals surface area contributed by atoms with Crippen molar-refractivity contribution < 1.29 is 9.53 Å². The normalized spacial score (nSPS) is 44.0. The Bertz CT molecular complexity index is 651. The van der Waals surface area contributed by atoms with E-state index in [1.807, 2.05) is 0 Å². The van der Waals surface area contributed by atoms with Gasteiger partial charge >= 0.3 is 5.97 Å². The molecule has 162 valence electrons. The zero-order valence-corrected chi connectivity index (χ0v) is 18.4. The molecule has 29 heavy (non-hydrogen) atoms. The largest absolute Gasteiger partial charge is 0.461 e. The summed E-state index contributed by atoms with van der Waals surface area (Å²) in [5, 5.41) is 3.68. The third kappa shape index (κ3) is 3.79. The first-order chi connectivity index (χ1) is 14.0. The first kappa shape index (κ1) is 20.0. The zero-order chi connectivity index (χ0) is 20.0. The molecule has 0 aromatic heterocycles. The van der Waals surface area contributed by atoms with Gasteiger partial charge in [0.05, 0.1) is 12.1 Å². The standard InChI is InChI=1S/C24H39N3O2/c1-17-6-5-8-24(2)15-21-18(14-20(17)24)19(23(28)29-21)16-26-10-12-27(13-11-26)22-7-3-4-9-25-22/h14,17-19,21-22,25H,3-13,15-16H2,1-2H3. The Balaban J connectivity index is 1.23. The summed E-state index contributed by atoms with van der Waals surface area (Å²) in [4.78, 5) is 18.0. The SMILES string of the molecule is CC1CCCC2(C)CC3OC(=O)C(CN4CCN(C5CCCCN5)CC4)C3C=C12. The minimum Gasteiger partial charge on any atom is -0.461 e. The van der Waals surface area contributed by atoms with Crippen molar-refractivity contribution in [2.75, 3.05) is 39.3 Å². The fourth-order valence-electron chi connectivity index (χ4n) is 6.94. The zero-order valence-electron chi connectivity index (χ0n) is 18.4. The van der Waals surface area contributed by atoms with Crippen LogP contribution in [0.15, 0.2) is 11.6 Å². The molecule has 5 rings (SSSR count). The number of nitrogens with one attached hydrogen (secondary N) is 1. The Morgan fingerprint density at radius 1 is 1.17 bits per heavy atom. The summed E-state index contributed by atoms with van der Waals surface area (Å²) >= 11 is 0. The molecule has 5 nitrogen and oxygen atoms in total. The highest BCUT2D eigenvalue weighted by Gasteiger charge is 2.52. The average Bonchev–Trinajstić information content (AvgIpc) is 3.01. The maximum Gasteiger partial charge on any atom is 0.311 e. The smallest absolute Gasteiger partial charge is 0.311 e. The fourth-order valence-corrected chi connectivity index (χ4v) is 6.94. The number of piperidine rings is 1. The summed E-state index contributed by atoms with van der Waals surface area (Å²) in [6.45, 7) is 11.2. The second-order valence-corrected chi connectivity index (χ2v) is 10.6. The topological polar surface area (TPSA) is 44.8 Å². The van der Waals surface area contributed by atoms with Crippen molar-refractivity contribution >= 4 is 5.97 Å². The van der Waals surface area contributed by atoms with Gasteiger partial charge in [-0.05, 0) is 56.4 Å². The minimum absolute atomic E-state index is 0.0329. The van der Waals surface area contributed by atoms with Crippen LogP contribution in [0, 0.1) is 23.2 Å². The number of carbonyl (C=O) groups is 1. The number of carbonyl (C=O) groups excluding carboxylic acids is 1. The molecule has 5 aliphatic rings. The molecule has 3 heterocycles. The first-order valence-electron chi connectivity index (χ1n) is 12.2. The van der Waals surface area contributed by atoms with Gasteiger partial charge in [0.2, 0.25) is 0 Å². The van der Waals surface area contributed by atoms with Crippen molar-refractivity contribution in [3.8, 4) is 0 Å². The Hall–Kier alpha value is -0.910. The van der Waals surface area contributed by atoms with Gasteiger partial charge in [-0.15, -0.1) is 0 Å². The van der Waals surface area contributed by atoms with E-state index in [0.717, 1.165) is 45.7 Å². The lowest BCUT2D eigenvalue weighted by molar-refractivity contribution is -0.145. The average molecular weight is 402 g/mol. The first-order valence-corrected chi connectivity index (χ1v) is 12.2. The van der Waals surface area contributed by atoms with Gasteiger partial charge in [-0.3, -0.25) is 14.6 Å². The number of piperazine rings is 1. The second kappa shape index (κ2) is 7.97. The van der Waals surface area contributed by atoms with Gasteiger partial charge in [0.1, 0.15) is 6.10 Å². The molecule has 0 aromatic carbocycles. The van der Waals surface area contributed by atoms with E-state index >= 15 is 0 Å². The highest BCUT2D eigenvalue weighted by molar-refractivity contribution is 5.76. The molecular weight excluding hydrogens is 362 g/mol. The Morgan fingerprint density at radius 2 is 2.00 bits per heavy atom. The number of nitrogens with zero attached hydrogens (tertiary/aromatic N) is 2. The number of rotatable bonds is 3. The molecule has 3 aliphatic heterocycles. The lowest BCUT2D eigenvalue weighted by atomic mass is 9.59. The summed E-state index contributed by atoms with van der Waals surface area (Å²) in [5.41, 5.74) is 1.88. The lowest BCUT2D eigenvalue weighted by Gasteiger charge is -2.46. The molecule has 0 aromatic rings. The summed E-state index contributed by atoms with van der Waals surface area (Å²) < 4.78 is 5.95. The van der Waals surface area contributed by atoms with E-state index < -0.39 is 0 Å². The van der Waals surface area contributed by atoms with Crippen LogP contribution in [0.4, 0.5) is 0 Å². The van der Waals surface area contributed by atoms with Gasteiger partial charge < -0.3 is 10.1 Å². The molecule has 0 amide bonds. The van der Waals surface area contributed by atoms with Crippen LogP contribution < -0.4 is 5.32 Å². The van der Waals surface area contributed by atoms with Crippen molar-refractivity contribution in [3.05, 3.63) is 11.6 Å². The van der Waals surface area contributed by atoms with Crippen molar-refractivity contribution in [2.24, 2.45) is 23.2 Å². The van der Waals surface area contributed by atoms with Crippen LogP contribution in [0.25, 0.3) is 0 Å². The van der Waals surface area contributed by atoms with E-state index in [4.69, 9.17) is 4.74 Å². The fraction of sp³-hybridized carbons (Fsp3) is 0.875. The van der Waals surface area contributed by atoms with E-state index in [1.165, 1.54) is 38.5 Å². The molecule has 4 fully saturated rings. The third-order valence-electron chi connectivity index (χ3n) is 8.67. The van der Waals surface area contributed by atoms with Crippen molar-refractivity contribution in [2.45, 2.75) is 71.1 Å². The van der Waals surface area contributed by atoms with E-state index in [1.54, 1.807) is 5.57 Å². The molecular formula is C24H39N3O2. The molecule has 0 bridgehead atoms. The second-order valence-electron chi connectivity index (χ2n) is 10.6. The van der Waals surface area contributed by atoms with Gasteiger partial charge in [-0.25, -0.2) is 0 Å².